The summed E-state index contributed by atoms with van der Waals surface area (Å²) in [4.78, 5) is 13.8. The molecule has 0 saturated heterocycles. The number of amides is 1. The lowest BCUT2D eigenvalue weighted by atomic mass is 9.82. The Balaban J connectivity index is 2.36. The van der Waals surface area contributed by atoms with Crippen LogP contribution in [0.5, 0.6) is 0 Å². The summed E-state index contributed by atoms with van der Waals surface area (Å²) in [6.07, 6.45) is 4.69. The summed E-state index contributed by atoms with van der Waals surface area (Å²) in [6.45, 7) is 2.75. The molecule has 0 aromatic heterocycles. The third-order valence-corrected chi connectivity index (χ3v) is 3.57. The van der Waals surface area contributed by atoms with Crippen molar-refractivity contribution < 1.29 is 10.0 Å². The van der Waals surface area contributed by atoms with E-state index < -0.39 is 0 Å². The Bertz CT molecular complexity index is 283. The van der Waals surface area contributed by atoms with E-state index in [1.54, 1.807) is 11.9 Å². The number of rotatable bonds is 4. The maximum Gasteiger partial charge on any atom is 0.225 e. The minimum atomic E-state index is 0.168. The van der Waals surface area contributed by atoms with Gasteiger partial charge in [-0.1, -0.05) is 12.1 Å². The van der Waals surface area contributed by atoms with Gasteiger partial charge in [0.1, 0.15) is 5.84 Å². The minimum Gasteiger partial charge on any atom is -0.409 e. The zero-order valence-corrected chi connectivity index (χ0v) is 10.7. The summed E-state index contributed by atoms with van der Waals surface area (Å²) in [5, 5.41) is 11.3. The van der Waals surface area contributed by atoms with Crippen LogP contribution in [0.2, 0.25) is 0 Å². The van der Waals surface area contributed by atoms with E-state index >= 15 is 0 Å². The molecule has 0 aliphatic heterocycles. The highest BCUT2D eigenvalue weighted by Gasteiger charge is 2.26. The Morgan fingerprint density at radius 1 is 1.41 bits per heavy atom. The van der Waals surface area contributed by atoms with Crippen LogP contribution >= 0.6 is 0 Å². The molecule has 3 N–H and O–H groups in total. The molecule has 1 aliphatic carbocycles. The summed E-state index contributed by atoms with van der Waals surface area (Å²) in [5.74, 6) is 1.29. The lowest BCUT2D eigenvalue weighted by Gasteiger charge is -2.29. The van der Waals surface area contributed by atoms with Crippen LogP contribution in [0.3, 0.4) is 0 Å². The molecule has 0 aromatic rings. The highest BCUT2D eigenvalue weighted by atomic mass is 16.4. The third kappa shape index (κ3) is 4.24. The summed E-state index contributed by atoms with van der Waals surface area (Å²) in [7, 11) is 1.78. The van der Waals surface area contributed by atoms with Gasteiger partial charge in [-0.25, -0.2) is 0 Å². The number of nitrogens with zero attached hydrogens (tertiary/aromatic N) is 2. The topological polar surface area (TPSA) is 78.9 Å². The monoisotopic (exact) mass is 241 g/mol. The zero-order chi connectivity index (χ0) is 12.8. The Hall–Kier alpha value is -1.26. The molecular weight excluding hydrogens is 218 g/mol. The van der Waals surface area contributed by atoms with Crippen molar-refractivity contribution in [3.05, 3.63) is 0 Å². The van der Waals surface area contributed by atoms with Gasteiger partial charge in [-0.05, 0) is 31.6 Å². The van der Waals surface area contributed by atoms with Gasteiger partial charge in [-0.3, -0.25) is 4.79 Å². The molecule has 0 spiro atoms. The van der Waals surface area contributed by atoms with Crippen LogP contribution in [0.4, 0.5) is 0 Å². The van der Waals surface area contributed by atoms with Crippen molar-refractivity contribution in [3.63, 3.8) is 0 Å². The highest BCUT2D eigenvalue weighted by Crippen LogP contribution is 2.29. The molecule has 98 valence electrons. The summed E-state index contributed by atoms with van der Waals surface area (Å²) < 4.78 is 0. The number of nitrogens with two attached hydrogens (primary N) is 1. The molecule has 1 amide bonds. The van der Waals surface area contributed by atoms with E-state index in [0.717, 1.165) is 31.6 Å². The second-order valence-corrected chi connectivity index (χ2v) is 5.06. The second kappa shape index (κ2) is 6.47. The quantitative estimate of drug-likeness (QED) is 0.338. The smallest absolute Gasteiger partial charge is 0.225 e. The molecule has 0 atom stereocenters. The van der Waals surface area contributed by atoms with Gasteiger partial charge < -0.3 is 15.8 Å². The third-order valence-electron chi connectivity index (χ3n) is 3.57. The predicted octanol–water partition coefficient (Wildman–Crippen LogP) is 1.41. The van der Waals surface area contributed by atoms with Crippen LogP contribution in [0.25, 0.3) is 0 Å². The van der Waals surface area contributed by atoms with Gasteiger partial charge in [0.05, 0.1) is 0 Å². The van der Waals surface area contributed by atoms with Crippen LogP contribution in [0.1, 0.15) is 39.0 Å². The average Bonchev–Trinajstić information content (AvgIpc) is 2.35. The average molecular weight is 241 g/mol. The second-order valence-electron chi connectivity index (χ2n) is 5.06. The van der Waals surface area contributed by atoms with Crippen molar-refractivity contribution in [2.24, 2.45) is 22.7 Å². The predicted molar refractivity (Wildman–Crippen MR) is 66.8 cm³/mol. The van der Waals surface area contributed by atoms with E-state index in [4.69, 9.17) is 10.9 Å². The number of amidine groups is 1. The van der Waals surface area contributed by atoms with Crippen molar-refractivity contribution in [1.82, 2.24) is 4.90 Å². The largest absolute Gasteiger partial charge is 0.409 e. The molecule has 5 heteroatoms. The number of carbonyl (C=O) groups excluding carboxylic acids is 1. The fourth-order valence-electron chi connectivity index (χ4n) is 2.26. The first-order valence-corrected chi connectivity index (χ1v) is 6.26. The van der Waals surface area contributed by atoms with Crippen molar-refractivity contribution in [1.29, 1.82) is 0 Å². The maximum atomic E-state index is 12.1. The van der Waals surface area contributed by atoms with Gasteiger partial charge in [-0.15, -0.1) is 0 Å². The van der Waals surface area contributed by atoms with Crippen molar-refractivity contribution >= 4 is 11.7 Å². The molecule has 1 aliphatic rings. The van der Waals surface area contributed by atoms with Crippen LogP contribution in [-0.4, -0.2) is 35.4 Å². The molecule has 0 radical (unpaired) electrons. The van der Waals surface area contributed by atoms with Crippen molar-refractivity contribution in [2.45, 2.75) is 39.0 Å². The lowest BCUT2D eigenvalue weighted by molar-refractivity contribution is -0.135. The maximum absolute atomic E-state index is 12.1. The number of hydrogen-bond donors (Lipinski definition) is 2. The number of carbonyl (C=O) groups is 1. The molecule has 17 heavy (non-hydrogen) atoms. The molecule has 0 bridgehead atoms. The molecule has 1 fully saturated rings. The fourth-order valence-corrected chi connectivity index (χ4v) is 2.26. The Kier molecular flexibility index (Phi) is 5.25. The molecule has 0 aromatic carbocycles. The molecule has 5 nitrogen and oxygen atoms in total. The van der Waals surface area contributed by atoms with Crippen molar-refractivity contribution in [3.8, 4) is 0 Å². The molecular formula is C12H23N3O2. The lowest BCUT2D eigenvalue weighted by Crippen LogP contribution is -2.36. The van der Waals surface area contributed by atoms with Gasteiger partial charge in [0.15, 0.2) is 0 Å². The first-order chi connectivity index (χ1) is 8.04. The SMILES string of the molecule is CC1CCC(C(=O)N(C)CCC(N)=NO)CC1. The van der Waals surface area contributed by atoms with Gasteiger partial charge in [0.25, 0.3) is 0 Å². The number of hydrogen-bond acceptors (Lipinski definition) is 3. The van der Waals surface area contributed by atoms with Gasteiger partial charge in [0.2, 0.25) is 5.91 Å². The Morgan fingerprint density at radius 3 is 2.53 bits per heavy atom. The summed E-state index contributed by atoms with van der Waals surface area (Å²) >= 11 is 0. The van der Waals surface area contributed by atoms with Gasteiger partial charge in [0, 0.05) is 25.9 Å². The zero-order valence-electron chi connectivity index (χ0n) is 10.7. The molecule has 1 rings (SSSR count). The van der Waals surface area contributed by atoms with Crippen LogP contribution in [-0.2, 0) is 4.79 Å². The van der Waals surface area contributed by atoms with E-state index in [1.165, 1.54) is 0 Å². The van der Waals surface area contributed by atoms with E-state index in [9.17, 15) is 4.79 Å². The van der Waals surface area contributed by atoms with Gasteiger partial charge >= 0.3 is 0 Å². The molecule has 0 unspecified atom stereocenters. The molecule has 1 saturated carbocycles. The first kappa shape index (κ1) is 13.8. The Morgan fingerprint density at radius 2 is 2.00 bits per heavy atom. The van der Waals surface area contributed by atoms with Crippen molar-refractivity contribution in [2.75, 3.05) is 13.6 Å². The highest BCUT2D eigenvalue weighted by molar-refractivity contribution is 5.82. The molecule has 0 heterocycles. The van der Waals surface area contributed by atoms with Crippen LogP contribution in [0, 0.1) is 11.8 Å². The first-order valence-electron chi connectivity index (χ1n) is 6.26. The fraction of sp³-hybridized carbons (Fsp3) is 0.833. The van der Waals surface area contributed by atoms with Crippen LogP contribution < -0.4 is 5.73 Å². The number of oxime groups is 1. The van der Waals surface area contributed by atoms with E-state index in [0.29, 0.717) is 13.0 Å². The van der Waals surface area contributed by atoms with E-state index in [-0.39, 0.29) is 17.7 Å². The Labute approximate surface area is 103 Å². The summed E-state index contributed by atoms with van der Waals surface area (Å²) in [5.41, 5.74) is 5.38. The minimum absolute atomic E-state index is 0.168. The van der Waals surface area contributed by atoms with Gasteiger partial charge in [-0.2, -0.15) is 0 Å². The summed E-state index contributed by atoms with van der Waals surface area (Å²) in [6, 6.07) is 0. The standard InChI is InChI=1S/C12H23N3O2/c1-9-3-5-10(6-4-9)12(16)15(2)8-7-11(13)14-17/h9-10,17H,3-8H2,1-2H3,(H2,13,14). The van der Waals surface area contributed by atoms with Crippen LogP contribution in [0.15, 0.2) is 5.16 Å². The van der Waals surface area contributed by atoms with E-state index in [1.807, 2.05) is 0 Å². The normalized spacial score (nSPS) is 25.6. The van der Waals surface area contributed by atoms with E-state index in [2.05, 4.69) is 12.1 Å².